The van der Waals surface area contributed by atoms with Gasteiger partial charge in [-0.2, -0.15) is 0 Å². The number of allylic oxidation sites excluding steroid dienone is 1. The van der Waals surface area contributed by atoms with Gasteiger partial charge in [0, 0.05) is 6.54 Å². The highest BCUT2D eigenvalue weighted by Gasteiger charge is 2.05. The molecule has 0 spiro atoms. The molecule has 0 aliphatic rings. The van der Waals surface area contributed by atoms with E-state index in [1.165, 1.54) is 0 Å². The largest absolute Gasteiger partial charge is 0.341 e. The molecule has 82 valence electrons. The Labute approximate surface area is 90.0 Å². The summed E-state index contributed by atoms with van der Waals surface area (Å²) in [7, 11) is 0. The lowest BCUT2D eigenvalue weighted by atomic mass is 10.3. The number of aromatic nitrogens is 2. The van der Waals surface area contributed by atoms with Crippen molar-refractivity contribution >= 4 is 12.0 Å². The van der Waals surface area contributed by atoms with E-state index in [9.17, 15) is 4.79 Å². The second-order valence-electron chi connectivity index (χ2n) is 3.60. The molecule has 1 heterocycles. The Kier molecular flexibility index (Phi) is 4.09. The minimum Gasteiger partial charge on any atom is -0.341 e. The Morgan fingerprint density at radius 1 is 1.73 bits per heavy atom. The van der Waals surface area contributed by atoms with E-state index in [0.29, 0.717) is 6.54 Å². The van der Waals surface area contributed by atoms with Gasteiger partial charge in [0.1, 0.15) is 5.82 Å². The fraction of sp³-hybridized carbons (Fsp3) is 0.455. The molecule has 1 amide bonds. The summed E-state index contributed by atoms with van der Waals surface area (Å²) >= 11 is 0. The lowest BCUT2D eigenvalue weighted by Gasteiger charge is -2.13. The van der Waals surface area contributed by atoms with Gasteiger partial charge in [-0.05, 0) is 18.9 Å². The monoisotopic (exact) mass is 207 g/mol. The summed E-state index contributed by atoms with van der Waals surface area (Å²) in [6.07, 6.45) is 3.55. The quantitative estimate of drug-likeness (QED) is 0.723. The molecule has 0 aromatic carbocycles. The van der Waals surface area contributed by atoms with Crippen molar-refractivity contribution in [2.45, 2.75) is 26.8 Å². The predicted molar refractivity (Wildman–Crippen MR) is 60.1 cm³/mol. The molecule has 0 aliphatic carbocycles. The second kappa shape index (κ2) is 5.34. The summed E-state index contributed by atoms with van der Waals surface area (Å²) in [6, 6.07) is 0. The van der Waals surface area contributed by atoms with Gasteiger partial charge >= 0.3 is 0 Å². The van der Waals surface area contributed by atoms with Gasteiger partial charge in [-0.25, -0.2) is 4.98 Å². The van der Waals surface area contributed by atoms with Crippen LogP contribution in [0.2, 0.25) is 0 Å². The zero-order valence-electron chi connectivity index (χ0n) is 9.29. The summed E-state index contributed by atoms with van der Waals surface area (Å²) in [5.74, 6) is 0.800. The van der Waals surface area contributed by atoms with Crippen LogP contribution in [0.1, 0.15) is 31.8 Å². The van der Waals surface area contributed by atoms with Gasteiger partial charge in [0.25, 0.3) is 0 Å². The normalized spacial score (nSPS) is 10.0. The first-order valence-corrected chi connectivity index (χ1v) is 5.06. The molecule has 1 N–H and O–H groups in total. The minimum absolute atomic E-state index is 0.532. The summed E-state index contributed by atoms with van der Waals surface area (Å²) in [5.41, 5.74) is 1.87. The maximum Gasteiger partial charge on any atom is 0.210 e. The van der Waals surface area contributed by atoms with Crippen LogP contribution in [0.5, 0.6) is 0 Å². The van der Waals surface area contributed by atoms with Crippen LogP contribution in [-0.4, -0.2) is 27.8 Å². The zero-order valence-corrected chi connectivity index (χ0v) is 9.29. The average Bonchev–Trinajstić information content (AvgIpc) is 2.65. The summed E-state index contributed by atoms with van der Waals surface area (Å²) < 4.78 is 0. The SMILES string of the molecule is C=C(C)c1cnc(CN(C=O)CCC)[nH]1. The van der Waals surface area contributed by atoms with E-state index < -0.39 is 0 Å². The number of nitrogens with zero attached hydrogens (tertiary/aromatic N) is 2. The van der Waals surface area contributed by atoms with E-state index in [2.05, 4.69) is 16.5 Å². The smallest absolute Gasteiger partial charge is 0.210 e. The second-order valence-corrected chi connectivity index (χ2v) is 3.60. The van der Waals surface area contributed by atoms with Crippen molar-refractivity contribution in [1.82, 2.24) is 14.9 Å². The molecule has 0 atom stereocenters. The molecular formula is C11H17N3O. The number of carbonyl (C=O) groups excluding carboxylic acids is 1. The lowest BCUT2D eigenvalue weighted by molar-refractivity contribution is -0.118. The van der Waals surface area contributed by atoms with E-state index in [1.54, 1.807) is 11.1 Å². The van der Waals surface area contributed by atoms with Gasteiger partial charge in [0.2, 0.25) is 6.41 Å². The number of imidazole rings is 1. The standard InChI is InChI=1S/C11H17N3O/c1-4-5-14(8-15)7-11-12-6-10(13-11)9(2)3/h6,8H,2,4-5,7H2,1,3H3,(H,12,13). The van der Waals surface area contributed by atoms with Crippen molar-refractivity contribution in [3.05, 3.63) is 24.3 Å². The number of carbonyl (C=O) groups is 1. The third-order valence-electron chi connectivity index (χ3n) is 2.10. The van der Waals surface area contributed by atoms with Gasteiger partial charge < -0.3 is 9.88 Å². The molecule has 0 radical (unpaired) electrons. The van der Waals surface area contributed by atoms with Crippen molar-refractivity contribution in [2.24, 2.45) is 0 Å². The molecule has 1 rings (SSSR count). The molecule has 1 aromatic rings. The Balaban J connectivity index is 2.62. The van der Waals surface area contributed by atoms with Crippen LogP contribution in [0.25, 0.3) is 5.57 Å². The topological polar surface area (TPSA) is 49.0 Å². The van der Waals surface area contributed by atoms with Gasteiger partial charge in [-0.15, -0.1) is 0 Å². The first-order chi connectivity index (χ1) is 7.17. The number of nitrogens with one attached hydrogen (secondary N) is 1. The zero-order chi connectivity index (χ0) is 11.3. The lowest BCUT2D eigenvalue weighted by Crippen LogP contribution is -2.22. The molecule has 0 unspecified atom stereocenters. The molecule has 4 nitrogen and oxygen atoms in total. The van der Waals surface area contributed by atoms with Crippen molar-refractivity contribution in [2.75, 3.05) is 6.54 Å². The van der Waals surface area contributed by atoms with Gasteiger partial charge in [0.05, 0.1) is 18.4 Å². The molecular weight excluding hydrogens is 190 g/mol. The third kappa shape index (κ3) is 3.23. The Morgan fingerprint density at radius 2 is 2.47 bits per heavy atom. The van der Waals surface area contributed by atoms with Crippen LogP contribution < -0.4 is 0 Å². The number of hydrogen-bond donors (Lipinski definition) is 1. The Bertz CT molecular complexity index is 343. The van der Waals surface area contributed by atoms with E-state index in [1.807, 2.05) is 13.8 Å². The maximum atomic E-state index is 10.7. The highest BCUT2D eigenvalue weighted by atomic mass is 16.1. The summed E-state index contributed by atoms with van der Waals surface area (Å²) in [6.45, 7) is 9.07. The first kappa shape index (κ1) is 11.5. The highest BCUT2D eigenvalue weighted by molar-refractivity contribution is 5.57. The van der Waals surface area contributed by atoms with Crippen molar-refractivity contribution in [3.63, 3.8) is 0 Å². The molecule has 0 saturated carbocycles. The fourth-order valence-electron chi connectivity index (χ4n) is 1.31. The summed E-state index contributed by atoms with van der Waals surface area (Å²) in [4.78, 5) is 19.7. The van der Waals surface area contributed by atoms with Gasteiger partial charge in [-0.1, -0.05) is 13.5 Å². The number of aromatic amines is 1. The van der Waals surface area contributed by atoms with Crippen LogP contribution in [0, 0.1) is 0 Å². The van der Waals surface area contributed by atoms with Crippen LogP contribution in [0.4, 0.5) is 0 Å². The molecule has 0 saturated heterocycles. The van der Waals surface area contributed by atoms with Crippen LogP contribution in [0.15, 0.2) is 12.8 Å². The van der Waals surface area contributed by atoms with Gasteiger partial charge in [0.15, 0.2) is 0 Å². The minimum atomic E-state index is 0.532. The Morgan fingerprint density at radius 3 is 2.93 bits per heavy atom. The molecule has 0 fully saturated rings. The Hall–Kier alpha value is -1.58. The van der Waals surface area contributed by atoms with E-state index >= 15 is 0 Å². The molecule has 1 aromatic heterocycles. The fourth-order valence-corrected chi connectivity index (χ4v) is 1.31. The highest BCUT2D eigenvalue weighted by Crippen LogP contribution is 2.08. The van der Waals surface area contributed by atoms with E-state index in [-0.39, 0.29) is 0 Å². The number of amides is 1. The van der Waals surface area contributed by atoms with Crippen molar-refractivity contribution in [1.29, 1.82) is 0 Å². The number of hydrogen-bond acceptors (Lipinski definition) is 2. The van der Waals surface area contributed by atoms with Crippen molar-refractivity contribution < 1.29 is 4.79 Å². The number of rotatable bonds is 6. The van der Waals surface area contributed by atoms with Crippen LogP contribution >= 0.6 is 0 Å². The molecule has 4 heteroatoms. The number of H-pyrrole nitrogens is 1. The first-order valence-electron chi connectivity index (χ1n) is 5.06. The van der Waals surface area contributed by atoms with E-state index in [4.69, 9.17) is 0 Å². The van der Waals surface area contributed by atoms with Crippen molar-refractivity contribution in [3.8, 4) is 0 Å². The predicted octanol–water partition coefficient (Wildman–Crippen LogP) is 1.81. The molecule has 0 aliphatic heterocycles. The molecule has 0 bridgehead atoms. The average molecular weight is 207 g/mol. The molecule has 15 heavy (non-hydrogen) atoms. The van der Waals surface area contributed by atoms with Crippen LogP contribution in [0.3, 0.4) is 0 Å². The van der Waals surface area contributed by atoms with E-state index in [0.717, 1.165) is 36.5 Å². The van der Waals surface area contributed by atoms with Crippen LogP contribution in [-0.2, 0) is 11.3 Å². The summed E-state index contributed by atoms with van der Waals surface area (Å²) in [5, 5.41) is 0. The third-order valence-corrected chi connectivity index (χ3v) is 2.10. The van der Waals surface area contributed by atoms with Gasteiger partial charge in [-0.3, -0.25) is 4.79 Å². The maximum absolute atomic E-state index is 10.7.